The maximum atomic E-state index is 11.7. The Morgan fingerprint density at radius 3 is 2.76 bits per heavy atom. The van der Waals surface area contributed by atoms with Gasteiger partial charge in [0.1, 0.15) is 6.10 Å². The molecule has 1 saturated carbocycles. The molecule has 2 N–H and O–H groups in total. The molecule has 1 aliphatic carbocycles. The van der Waals surface area contributed by atoms with Gasteiger partial charge in [-0.2, -0.15) is 0 Å². The number of ether oxygens (including phenoxy) is 1. The molecule has 0 bridgehead atoms. The Labute approximate surface area is 149 Å². The number of aliphatic imine (C=N–C) groups is 1. The minimum atomic E-state index is 0.0584. The second-order valence-electron chi connectivity index (χ2n) is 6.70. The Morgan fingerprint density at radius 2 is 2.04 bits per heavy atom. The van der Waals surface area contributed by atoms with Gasteiger partial charge in [0.15, 0.2) is 5.96 Å². The van der Waals surface area contributed by atoms with Crippen LogP contribution in [0.15, 0.2) is 29.3 Å². The average molecular weight is 344 g/mol. The number of nitrogens with zero attached hydrogens (tertiary/aromatic N) is 2. The first-order valence-corrected chi connectivity index (χ1v) is 9.09. The smallest absolute Gasteiger partial charge is 0.223 e. The van der Waals surface area contributed by atoms with Crippen LogP contribution in [0.1, 0.15) is 30.1 Å². The SMILES string of the molecule is CN=C(NCCNC(=O)C1CC1)N1CCOC(c2ccccc2C)C1. The topological polar surface area (TPSA) is 66.0 Å². The van der Waals surface area contributed by atoms with E-state index in [1.165, 1.54) is 11.1 Å². The summed E-state index contributed by atoms with van der Waals surface area (Å²) in [6, 6.07) is 8.36. The van der Waals surface area contributed by atoms with Crippen LogP contribution in [0.4, 0.5) is 0 Å². The summed E-state index contributed by atoms with van der Waals surface area (Å²) in [6.45, 7) is 5.69. The lowest BCUT2D eigenvalue weighted by molar-refractivity contribution is -0.122. The molecule has 2 aliphatic rings. The van der Waals surface area contributed by atoms with Crippen LogP contribution < -0.4 is 10.6 Å². The largest absolute Gasteiger partial charge is 0.370 e. The highest BCUT2D eigenvalue weighted by molar-refractivity contribution is 5.81. The molecule has 1 amide bonds. The van der Waals surface area contributed by atoms with Crippen LogP contribution >= 0.6 is 0 Å². The van der Waals surface area contributed by atoms with Gasteiger partial charge in [0.05, 0.1) is 13.2 Å². The zero-order valence-corrected chi connectivity index (χ0v) is 15.1. The molecule has 1 saturated heterocycles. The van der Waals surface area contributed by atoms with Crippen molar-refractivity contribution in [2.24, 2.45) is 10.9 Å². The van der Waals surface area contributed by atoms with E-state index >= 15 is 0 Å². The van der Waals surface area contributed by atoms with Crippen LogP contribution in [-0.4, -0.2) is 56.6 Å². The van der Waals surface area contributed by atoms with Crippen LogP contribution in [-0.2, 0) is 9.53 Å². The Morgan fingerprint density at radius 1 is 1.28 bits per heavy atom. The van der Waals surface area contributed by atoms with Gasteiger partial charge in [-0.15, -0.1) is 0 Å². The van der Waals surface area contributed by atoms with Crippen molar-refractivity contribution >= 4 is 11.9 Å². The van der Waals surface area contributed by atoms with Crippen LogP contribution in [0.5, 0.6) is 0 Å². The maximum absolute atomic E-state index is 11.7. The maximum Gasteiger partial charge on any atom is 0.223 e. The molecule has 1 heterocycles. The molecule has 1 atom stereocenters. The molecule has 3 rings (SSSR count). The quantitative estimate of drug-likeness (QED) is 0.482. The number of carbonyl (C=O) groups excluding carboxylic acids is 1. The van der Waals surface area contributed by atoms with E-state index in [9.17, 15) is 4.79 Å². The molecule has 6 nitrogen and oxygen atoms in total. The van der Waals surface area contributed by atoms with Crippen molar-refractivity contribution in [1.82, 2.24) is 15.5 Å². The van der Waals surface area contributed by atoms with Crippen LogP contribution in [0.2, 0.25) is 0 Å². The lowest BCUT2D eigenvalue weighted by Gasteiger charge is -2.35. The zero-order valence-electron chi connectivity index (χ0n) is 15.1. The normalized spacial score (nSPS) is 21.1. The van der Waals surface area contributed by atoms with Crippen molar-refractivity contribution in [3.63, 3.8) is 0 Å². The van der Waals surface area contributed by atoms with E-state index in [4.69, 9.17) is 4.74 Å². The number of aryl methyl sites for hydroxylation is 1. The van der Waals surface area contributed by atoms with E-state index in [1.807, 2.05) is 0 Å². The minimum Gasteiger partial charge on any atom is -0.370 e. The number of carbonyl (C=O) groups is 1. The summed E-state index contributed by atoms with van der Waals surface area (Å²) in [5.41, 5.74) is 2.49. The molecule has 0 aromatic heterocycles. The second kappa shape index (κ2) is 8.34. The van der Waals surface area contributed by atoms with Gasteiger partial charge in [-0.1, -0.05) is 24.3 Å². The predicted octanol–water partition coefficient (Wildman–Crippen LogP) is 1.47. The molecule has 1 unspecified atom stereocenters. The first-order chi connectivity index (χ1) is 12.2. The summed E-state index contributed by atoms with van der Waals surface area (Å²) in [7, 11) is 1.79. The van der Waals surface area contributed by atoms with Crippen LogP contribution in [0.3, 0.4) is 0 Å². The standard InChI is InChI=1S/C19H28N4O2/c1-14-5-3-4-6-16(14)17-13-23(11-12-25-17)19(20-2)22-10-9-21-18(24)15-7-8-15/h3-6,15,17H,7-13H2,1-2H3,(H,20,22)(H,21,24). The second-order valence-corrected chi connectivity index (χ2v) is 6.70. The number of guanidine groups is 1. The van der Waals surface area contributed by atoms with Gasteiger partial charge in [-0.25, -0.2) is 0 Å². The number of benzene rings is 1. The van der Waals surface area contributed by atoms with Crippen molar-refractivity contribution in [3.05, 3.63) is 35.4 Å². The van der Waals surface area contributed by atoms with E-state index < -0.39 is 0 Å². The highest BCUT2D eigenvalue weighted by Crippen LogP contribution is 2.28. The Kier molecular flexibility index (Phi) is 5.91. The fraction of sp³-hybridized carbons (Fsp3) is 0.579. The lowest BCUT2D eigenvalue weighted by atomic mass is 10.0. The third-order valence-electron chi connectivity index (χ3n) is 4.77. The van der Waals surface area contributed by atoms with E-state index in [2.05, 4.69) is 51.7 Å². The Hall–Kier alpha value is -2.08. The number of morpholine rings is 1. The van der Waals surface area contributed by atoms with E-state index in [-0.39, 0.29) is 17.9 Å². The van der Waals surface area contributed by atoms with E-state index in [0.717, 1.165) is 31.9 Å². The fourth-order valence-corrected chi connectivity index (χ4v) is 3.16. The summed E-state index contributed by atoms with van der Waals surface area (Å²) >= 11 is 0. The monoisotopic (exact) mass is 344 g/mol. The van der Waals surface area contributed by atoms with Crippen LogP contribution in [0.25, 0.3) is 0 Å². The summed E-state index contributed by atoms with van der Waals surface area (Å²) in [6.07, 6.45) is 2.13. The first-order valence-electron chi connectivity index (χ1n) is 9.09. The number of nitrogens with one attached hydrogen (secondary N) is 2. The third kappa shape index (κ3) is 4.72. The van der Waals surface area contributed by atoms with Crippen molar-refractivity contribution in [2.75, 3.05) is 39.8 Å². The average Bonchev–Trinajstić information content (AvgIpc) is 3.47. The molecular formula is C19H28N4O2. The van der Waals surface area contributed by atoms with Gasteiger partial charge in [-0.3, -0.25) is 9.79 Å². The van der Waals surface area contributed by atoms with Crippen molar-refractivity contribution < 1.29 is 9.53 Å². The molecule has 1 aromatic carbocycles. The lowest BCUT2D eigenvalue weighted by Crippen LogP contribution is -2.49. The van der Waals surface area contributed by atoms with E-state index in [1.54, 1.807) is 7.05 Å². The van der Waals surface area contributed by atoms with Gasteiger partial charge < -0.3 is 20.3 Å². The van der Waals surface area contributed by atoms with Gasteiger partial charge >= 0.3 is 0 Å². The van der Waals surface area contributed by atoms with Crippen molar-refractivity contribution in [2.45, 2.75) is 25.9 Å². The van der Waals surface area contributed by atoms with E-state index in [0.29, 0.717) is 19.7 Å². The zero-order chi connectivity index (χ0) is 17.6. The molecule has 25 heavy (non-hydrogen) atoms. The third-order valence-corrected chi connectivity index (χ3v) is 4.77. The number of amides is 1. The van der Waals surface area contributed by atoms with Crippen molar-refractivity contribution in [3.8, 4) is 0 Å². The summed E-state index contributed by atoms with van der Waals surface area (Å²) in [5.74, 6) is 1.30. The summed E-state index contributed by atoms with van der Waals surface area (Å²) < 4.78 is 5.98. The highest BCUT2D eigenvalue weighted by atomic mass is 16.5. The molecule has 1 aliphatic heterocycles. The molecule has 0 spiro atoms. The molecule has 6 heteroatoms. The Balaban J connectivity index is 1.50. The van der Waals surface area contributed by atoms with Gasteiger partial charge in [-0.05, 0) is 30.9 Å². The molecule has 1 aromatic rings. The number of hydrogen-bond acceptors (Lipinski definition) is 3. The first kappa shape index (κ1) is 17.7. The molecule has 0 radical (unpaired) electrons. The van der Waals surface area contributed by atoms with Gasteiger partial charge in [0, 0.05) is 32.6 Å². The Bertz CT molecular complexity index is 628. The van der Waals surface area contributed by atoms with Crippen LogP contribution in [0, 0.1) is 12.8 Å². The van der Waals surface area contributed by atoms with Gasteiger partial charge in [0.25, 0.3) is 0 Å². The molecular weight excluding hydrogens is 316 g/mol. The predicted molar refractivity (Wildman–Crippen MR) is 98.5 cm³/mol. The van der Waals surface area contributed by atoms with Gasteiger partial charge in [0.2, 0.25) is 5.91 Å². The number of rotatable bonds is 5. The highest BCUT2D eigenvalue weighted by Gasteiger charge is 2.29. The molecule has 136 valence electrons. The van der Waals surface area contributed by atoms with Crippen molar-refractivity contribution in [1.29, 1.82) is 0 Å². The fourth-order valence-electron chi connectivity index (χ4n) is 3.16. The minimum absolute atomic E-state index is 0.0584. The summed E-state index contributed by atoms with van der Waals surface area (Å²) in [4.78, 5) is 18.3. The summed E-state index contributed by atoms with van der Waals surface area (Å²) in [5, 5.41) is 6.32. The number of hydrogen-bond donors (Lipinski definition) is 2. The molecule has 2 fully saturated rings.